The van der Waals surface area contributed by atoms with E-state index in [2.05, 4.69) is 0 Å². The van der Waals surface area contributed by atoms with Crippen molar-refractivity contribution in [3.63, 3.8) is 0 Å². The van der Waals surface area contributed by atoms with Crippen molar-refractivity contribution in [2.24, 2.45) is 0 Å². The van der Waals surface area contributed by atoms with Gasteiger partial charge >= 0.3 is 5.97 Å². The number of ether oxygens (including phenoxy) is 2. The fourth-order valence-corrected chi connectivity index (χ4v) is 6.41. The smallest absolute Gasteiger partial charge is 0.336 e. The van der Waals surface area contributed by atoms with Crippen LogP contribution in [0.2, 0.25) is 0 Å². The lowest BCUT2D eigenvalue weighted by Crippen LogP contribution is -2.68. The van der Waals surface area contributed by atoms with E-state index in [0.29, 0.717) is 5.56 Å². The van der Waals surface area contributed by atoms with Crippen molar-refractivity contribution >= 4 is 23.6 Å². The highest BCUT2D eigenvalue weighted by Crippen LogP contribution is 2.45. The Bertz CT molecular complexity index is 1550. The number of morpholine rings is 1. The van der Waals surface area contributed by atoms with Gasteiger partial charge in [0.2, 0.25) is 5.43 Å². The van der Waals surface area contributed by atoms with E-state index in [9.17, 15) is 23.9 Å². The predicted octanol–water partition coefficient (Wildman–Crippen LogP) is 2.52. The fraction of sp³-hybridized carbons (Fsp3) is 0.269. The molecule has 196 valence electrons. The van der Waals surface area contributed by atoms with Crippen molar-refractivity contribution in [2.45, 2.75) is 29.0 Å². The molecule has 0 saturated carbocycles. The van der Waals surface area contributed by atoms with Gasteiger partial charge in [-0.1, -0.05) is 24.3 Å². The fourth-order valence-electron chi connectivity index (χ4n) is 5.29. The number of aromatic hydroxyl groups is 1. The standard InChI is InChI=1S/C26H21F2N3O6S/c1-36-26(35)18-10-29-20(11-37-18)31(30-9-8-17(32)24(33)23(30)25(29)34)22-13-6-7-16(27)21(28)15(13)12-38-19-5-3-2-4-14(19)22/h2-9,18,20,22,33H,10-12H2,1H3/t18?,20-,22+/m1/s1. The summed E-state index contributed by atoms with van der Waals surface area (Å²) in [6.45, 7) is -0.342. The van der Waals surface area contributed by atoms with Gasteiger partial charge in [-0.05, 0) is 23.3 Å². The quantitative estimate of drug-likeness (QED) is 0.494. The maximum atomic E-state index is 15.2. The molecule has 1 fully saturated rings. The van der Waals surface area contributed by atoms with Gasteiger partial charge in [-0.15, -0.1) is 11.8 Å². The van der Waals surface area contributed by atoms with Crippen LogP contribution in [0, 0.1) is 11.6 Å². The van der Waals surface area contributed by atoms with Crippen LogP contribution in [-0.2, 0) is 20.0 Å². The Morgan fingerprint density at radius 1 is 1.13 bits per heavy atom. The van der Waals surface area contributed by atoms with Crippen molar-refractivity contribution < 1.29 is 33.0 Å². The summed E-state index contributed by atoms with van der Waals surface area (Å²) in [5.74, 6) is -3.90. The van der Waals surface area contributed by atoms with Crippen LogP contribution < -0.4 is 10.4 Å². The Hall–Kier alpha value is -3.90. The molecule has 3 aliphatic heterocycles. The first-order valence-corrected chi connectivity index (χ1v) is 12.7. The van der Waals surface area contributed by atoms with Crippen LogP contribution in [0.25, 0.3) is 0 Å². The van der Waals surface area contributed by atoms with E-state index in [-0.39, 0.29) is 30.2 Å². The number of rotatable bonds is 2. The van der Waals surface area contributed by atoms with Gasteiger partial charge in [0, 0.05) is 28.5 Å². The number of nitrogens with zero attached hydrogens (tertiary/aromatic N) is 3. The zero-order chi connectivity index (χ0) is 26.7. The number of halogens is 2. The number of thioether (sulfide) groups is 1. The SMILES string of the molecule is COC(=O)C1CN2C(=O)c3c(O)c(=O)ccn3N([C@@H]3c4ccccc4SCc4c3ccc(F)c4F)[C@@H]2CO1. The van der Waals surface area contributed by atoms with Crippen LogP contribution in [0.4, 0.5) is 8.78 Å². The zero-order valence-electron chi connectivity index (χ0n) is 20.0. The Kier molecular flexibility index (Phi) is 5.88. The van der Waals surface area contributed by atoms with Crippen LogP contribution >= 0.6 is 11.8 Å². The number of carbonyl (C=O) groups is 2. The van der Waals surface area contributed by atoms with Gasteiger partial charge in [-0.3, -0.25) is 19.3 Å². The molecule has 1 amide bonds. The highest BCUT2D eigenvalue weighted by Gasteiger charge is 2.48. The Morgan fingerprint density at radius 3 is 2.71 bits per heavy atom. The summed E-state index contributed by atoms with van der Waals surface area (Å²) in [4.78, 5) is 40.4. The highest BCUT2D eigenvalue weighted by molar-refractivity contribution is 7.98. The summed E-state index contributed by atoms with van der Waals surface area (Å²) in [5.41, 5.74) is 0.296. The summed E-state index contributed by atoms with van der Waals surface area (Å²) in [7, 11) is 1.20. The van der Waals surface area contributed by atoms with Crippen LogP contribution in [0.3, 0.4) is 0 Å². The van der Waals surface area contributed by atoms with E-state index >= 15 is 4.39 Å². The van der Waals surface area contributed by atoms with Crippen molar-refractivity contribution in [1.29, 1.82) is 0 Å². The van der Waals surface area contributed by atoms with Gasteiger partial charge in [-0.25, -0.2) is 13.6 Å². The topological polar surface area (TPSA) is 101 Å². The normalized spacial score (nSPS) is 22.1. The van der Waals surface area contributed by atoms with Gasteiger partial charge in [0.1, 0.15) is 6.17 Å². The second-order valence-corrected chi connectivity index (χ2v) is 10.1. The molecule has 1 N–H and O–H groups in total. The van der Waals surface area contributed by atoms with E-state index in [1.807, 2.05) is 24.3 Å². The van der Waals surface area contributed by atoms with Crippen molar-refractivity contribution in [1.82, 2.24) is 9.58 Å². The zero-order valence-corrected chi connectivity index (χ0v) is 20.8. The predicted molar refractivity (Wildman–Crippen MR) is 131 cm³/mol. The number of hydrogen-bond acceptors (Lipinski definition) is 8. The summed E-state index contributed by atoms with van der Waals surface area (Å²) < 4.78 is 41.5. The average Bonchev–Trinajstić information content (AvgIpc) is 3.09. The first kappa shape index (κ1) is 24.4. The van der Waals surface area contributed by atoms with Gasteiger partial charge in [0.15, 0.2) is 29.2 Å². The molecule has 1 aromatic heterocycles. The third kappa shape index (κ3) is 3.58. The molecule has 3 aromatic rings. The number of methoxy groups -OCH3 is 1. The van der Waals surface area contributed by atoms with Crippen LogP contribution in [0.5, 0.6) is 5.75 Å². The molecule has 0 spiro atoms. The Balaban J connectivity index is 1.62. The van der Waals surface area contributed by atoms with Gasteiger partial charge < -0.3 is 19.5 Å². The number of esters is 1. The molecule has 38 heavy (non-hydrogen) atoms. The molecule has 3 aliphatic rings. The number of fused-ring (bicyclic) bond motifs is 4. The highest BCUT2D eigenvalue weighted by atomic mass is 32.2. The Morgan fingerprint density at radius 2 is 1.92 bits per heavy atom. The number of carbonyl (C=O) groups excluding carboxylic acids is 2. The lowest BCUT2D eigenvalue weighted by atomic mass is 9.93. The number of hydrogen-bond donors (Lipinski definition) is 1. The maximum absolute atomic E-state index is 15.2. The molecule has 9 nitrogen and oxygen atoms in total. The van der Waals surface area contributed by atoms with Crippen molar-refractivity contribution in [3.8, 4) is 5.75 Å². The van der Waals surface area contributed by atoms with Crippen LogP contribution in [0.1, 0.15) is 33.2 Å². The molecular weight excluding hydrogens is 520 g/mol. The first-order valence-electron chi connectivity index (χ1n) is 11.7. The maximum Gasteiger partial charge on any atom is 0.336 e. The van der Waals surface area contributed by atoms with E-state index < -0.39 is 53.0 Å². The van der Waals surface area contributed by atoms with E-state index in [1.54, 1.807) is 5.01 Å². The molecule has 1 unspecified atom stereocenters. The molecule has 0 radical (unpaired) electrons. The lowest BCUT2D eigenvalue weighted by molar-refractivity contribution is -0.162. The van der Waals surface area contributed by atoms with Crippen LogP contribution in [-0.4, -0.2) is 59.1 Å². The van der Waals surface area contributed by atoms with E-state index in [1.165, 1.54) is 40.7 Å². The van der Waals surface area contributed by atoms with Crippen LogP contribution in [0.15, 0.2) is 58.4 Å². The van der Waals surface area contributed by atoms with E-state index in [4.69, 9.17) is 9.47 Å². The number of aromatic nitrogens is 1. The monoisotopic (exact) mass is 541 g/mol. The first-order chi connectivity index (χ1) is 18.3. The van der Waals surface area contributed by atoms with E-state index in [0.717, 1.165) is 22.6 Å². The second-order valence-electron chi connectivity index (χ2n) is 9.04. The molecule has 0 bridgehead atoms. The molecular formula is C26H21F2N3O6S. The minimum atomic E-state index is -1.08. The summed E-state index contributed by atoms with van der Waals surface area (Å²) >= 11 is 1.35. The van der Waals surface area contributed by atoms with Gasteiger partial charge in [-0.2, -0.15) is 0 Å². The number of pyridine rings is 1. The molecule has 1 saturated heterocycles. The molecule has 12 heteroatoms. The number of benzene rings is 2. The minimum Gasteiger partial charge on any atom is -0.502 e. The number of amides is 1. The molecule has 3 atom stereocenters. The average molecular weight is 542 g/mol. The van der Waals surface area contributed by atoms with Crippen molar-refractivity contribution in [3.05, 3.63) is 92.9 Å². The third-order valence-corrected chi connectivity index (χ3v) is 8.20. The largest absolute Gasteiger partial charge is 0.502 e. The minimum absolute atomic E-state index is 0.136. The summed E-state index contributed by atoms with van der Waals surface area (Å²) in [6.07, 6.45) is -0.555. The molecule has 4 heterocycles. The third-order valence-electron chi connectivity index (χ3n) is 7.08. The summed E-state index contributed by atoms with van der Waals surface area (Å²) in [6, 6.07) is 10.3. The molecule has 6 rings (SSSR count). The van der Waals surface area contributed by atoms with Crippen molar-refractivity contribution in [2.75, 3.05) is 25.3 Å². The summed E-state index contributed by atoms with van der Waals surface area (Å²) in [5, 5.41) is 12.4. The van der Waals surface area contributed by atoms with Gasteiger partial charge in [0.05, 0.1) is 26.3 Å². The van der Waals surface area contributed by atoms with Gasteiger partial charge in [0.25, 0.3) is 5.91 Å². The molecule has 2 aromatic carbocycles. The Labute approximate surface area is 219 Å². The lowest BCUT2D eigenvalue weighted by Gasteiger charge is -2.52. The second kappa shape index (κ2) is 9.14. The molecule has 0 aliphatic carbocycles.